The van der Waals surface area contributed by atoms with Crippen molar-refractivity contribution in [1.29, 1.82) is 0 Å². The zero-order chi connectivity index (χ0) is 21.3. The van der Waals surface area contributed by atoms with Gasteiger partial charge in [0.25, 0.3) is 0 Å². The lowest BCUT2D eigenvalue weighted by Gasteiger charge is -2.28. The standard InChI is InChI=1S/C21H20F3N5O/c22-16-11-18(24)17(23)9-14(16)8-15(25)10-20(30)28-6-7-29-19(12-28)21(26-27-29)13-4-2-1-3-5-13/h1-5,9,11,15H,6-8,10,12,25H2/t15-/m1/s1. The van der Waals surface area contributed by atoms with E-state index in [2.05, 4.69) is 10.3 Å². The molecule has 2 heterocycles. The molecule has 0 spiro atoms. The van der Waals surface area contributed by atoms with E-state index < -0.39 is 23.5 Å². The van der Waals surface area contributed by atoms with Crippen molar-refractivity contribution in [1.82, 2.24) is 19.9 Å². The molecule has 0 unspecified atom stereocenters. The van der Waals surface area contributed by atoms with Gasteiger partial charge in [0.05, 0.1) is 18.8 Å². The van der Waals surface area contributed by atoms with E-state index >= 15 is 0 Å². The molecule has 30 heavy (non-hydrogen) atoms. The number of fused-ring (bicyclic) bond motifs is 1. The number of hydrogen-bond donors (Lipinski definition) is 1. The fourth-order valence-electron chi connectivity index (χ4n) is 3.61. The number of carbonyl (C=O) groups excluding carboxylic acids is 1. The van der Waals surface area contributed by atoms with E-state index in [-0.39, 0.29) is 24.3 Å². The highest BCUT2D eigenvalue weighted by molar-refractivity contribution is 5.77. The van der Waals surface area contributed by atoms with E-state index in [1.807, 2.05) is 30.3 Å². The molecular weight excluding hydrogens is 395 g/mol. The maximum atomic E-state index is 13.8. The first-order valence-corrected chi connectivity index (χ1v) is 9.57. The Hall–Kier alpha value is -3.20. The van der Waals surface area contributed by atoms with Crippen molar-refractivity contribution in [3.05, 3.63) is 71.2 Å². The lowest BCUT2D eigenvalue weighted by Crippen LogP contribution is -2.41. The van der Waals surface area contributed by atoms with Crippen LogP contribution < -0.4 is 5.73 Å². The molecule has 9 heteroatoms. The van der Waals surface area contributed by atoms with E-state index in [0.717, 1.165) is 23.0 Å². The molecule has 2 aromatic carbocycles. The van der Waals surface area contributed by atoms with Gasteiger partial charge in [0, 0.05) is 30.6 Å². The third-order valence-electron chi connectivity index (χ3n) is 5.17. The monoisotopic (exact) mass is 415 g/mol. The highest BCUT2D eigenvalue weighted by atomic mass is 19.2. The summed E-state index contributed by atoms with van der Waals surface area (Å²) in [6, 6.07) is 10.1. The SMILES string of the molecule is N[C@@H](CC(=O)N1CCn2nnc(-c3ccccc3)c2C1)Cc1cc(F)c(F)cc1F. The minimum absolute atomic E-state index is 0.0410. The molecule has 1 aliphatic heterocycles. The summed E-state index contributed by atoms with van der Waals surface area (Å²) in [5.41, 5.74) is 8.42. The van der Waals surface area contributed by atoms with Crippen LogP contribution in [0.3, 0.4) is 0 Å². The largest absolute Gasteiger partial charge is 0.335 e. The van der Waals surface area contributed by atoms with E-state index in [9.17, 15) is 18.0 Å². The van der Waals surface area contributed by atoms with Crippen molar-refractivity contribution in [2.45, 2.75) is 32.0 Å². The van der Waals surface area contributed by atoms with Crippen molar-refractivity contribution >= 4 is 5.91 Å². The van der Waals surface area contributed by atoms with Gasteiger partial charge < -0.3 is 10.6 Å². The second-order valence-corrected chi connectivity index (χ2v) is 7.32. The molecule has 6 nitrogen and oxygen atoms in total. The van der Waals surface area contributed by atoms with E-state index in [1.165, 1.54) is 0 Å². The molecule has 1 aliphatic rings. The molecule has 156 valence electrons. The number of amides is 1. The van der Waals surface area contributed by atoms with Gasteiger partial charge in [0.15, 0.2) is 11.6 Å². The highest BCUT2D eigenvalue weighted by Gasteiger charge is 2.26. The molecule has 1 aromatic heterocycles. The predicted molar refractivity (Wildman–Crippen MR) is 103 cm³/mol. The van der Waals surface area contributed by atoms with Gasteiger partial charge >= 0.3 is 0 Å². The number of nitrogens with zero attached hydrogens (tertiary/aromatic N) is 4. The van der Waals surface area contributed by atoms with Gasteiger partial charge in [-0.3, -0.25) is 4.79 Å². The zero-order valence-corrected chi connectivity index (χ0v) is 16.1. The summed E-state index contributed by atoms with van der Waals surface area (Å²) in [7, 11) is 0. The van der Waals surface area contributed by atoms with Crippen molar-refractivity contribution in [3.8, 4) is 11.3 Å². The molecule has 4 rings (SSSR count). The lowest BCUT2D eigenvalue weighted by atomic mass is 10.0. The number of carbonyl (C=O) groups is 1. The third-order valence-corrected chi connectivity index (χ3v) is 5.17. The predicted octanol–water partition coefficient (Wildman–Crippen LogP) is 2.66. The number of hydrogen-bond acceptors (Lipinski definition) is 4. The fraction of sp³-hybridized carbons (Fsp3) is 0.286. The molecule has 0 radical (unpaired) electrons. The van der Waals surface area contributed by atoms with Crippen LogP contribution in [0.4, 0.5) is 13.2 Å². The van der Waals surface area contributed by atoms with Crippen molar-refractivity contribution in [2.75, 3.05) is 6.54 Å². The molecule has 1 amide bonds. The van der Waals surface area contributed by atoms with Crippen LogP contribution >= 0.6 is 0 Å². The van der Waals surface area contributed by atoms with Gasteiger partial charge in [-0.2, -0.15) is 0 Å². The quantitative estimate of drug-likeness (QED) is 0.650. The van der Waals surface area contributed by atoms with E-state index in [4.69, 9.17) is 5.73 Å². The van der Waals surface area contributed by atoms with Crippen LogP contribution in [0.1, 0.15) is 17.7 Å². The molecule has 0 saturated heterocycles. The van der Waals surface area contributed by atoms with Gasteiger partial charge in [0.1, 0.15) is 11.5 Å². The van der Waals surface area contributed by atoms with Crippen LogP contribution in [-0.2, 0) is 24.3 Å². The van der Waals surface area contributed by atoms with Crippen LogP contribution in [0.5, 0.6) is 0 Å². The Balaban J connectivity index is 1.43. The number of halogens is 3. The molecule has 0 bridgehead atoms. The van der Waals surface area contributed by atoms with Crippen LogP contribution in [-0.4, -0.2) is 38.4 Å². The second kappa shape index (κ2) is 8.27. The summed E-state index contributed by atoms with van der Waals surface area (Å²) in [4.78, 5) is 14.4. The molecule has 0 saturated carbocycles. The average molecular weight is 415 g/mol. The molecule has 3 aromatic rings. The average Bonchev–Trinajstić information content (AvgIpc) is 3.16. The van der Waals surface area contributed by atoms with Crippen molar-refractivity contribution in [3.63, 3.8) is 0 Å². The Morgan fingerprint density at radius 1 is 1.07 bits per heavy atom. The first-order valence-electron chi connectivity index (χ1n) is 9.57. The maximum Gasteiger partial charge on any atom is 0.224 e. The molecular formula is C21H20F3N5O. The van der Waals surface area contributed by atoms with Crippen LogP contribution in [0.25, 0.3) is 11.3 Å². The Morgan fingerprint density at radius 2 is 1.80 bits per heavy atom. The van der Waals surface area contributed by atoms with Crippen LogP contribution in [0.15, 0.2) is 42.5 Å². The first-order chi connectivity index (χ1) is 14.4. The second-order valence-electron chi connectivity index (χ2n) is 7.32. The van der Waals surface area contributed by atoms with Crippen LogP contribution in [0.2, 0.25) is 0 Å². The minimum Gasteiger partial charge on any atom is -0.335 e. The van der Waals surface area contributed by atoms with Gasteiger partial charge in [-0.05, 0) is 18.1 Å². The van der Waals surface area contributed by atoms with Gasteiger partial charge in [-0.25, -0.2) is 17.9 Å². The fourth-order valence-corrected chi connectivity index (χ4v) is 3.61. The zero-order valence-electron chi connectivity index (χ0n) is 16.1. The Kier molecular flexibility index (Phi) is 5.54. The van der Waals surface area contributed by atoms with E-state index in [0.29, 0.717) is 25.7 Å². The Labute approximate surface area is 171 Å². The summed E-state index contributed by atoms with van der Waals surface area (Å²) >= 11 is 0. The maximum absolute atomic E-state index is 13.8. The third kappa shape index (κ3) is 4.06. The normalized spacial score (nSPS) is 14.5. The number of rotatable bonds is 5. The summed E-state index contributed by atoms with van der Waals surface area (Å²) in [5.74, 6) is -3.47. The topological polar surface area (TPSA) is 77.0 Å². The van der Waals surface area contributed by atoms with Gasteiger partial charge in [0.2, 0.25) is 5.91 Å². The Morgan fingerprint density at radius 3 is 2.57 bits per heavy atom. The first kappa shape index (κ1) is 20.1. The van der Waals surface area contributed by atoms with Gasteiger partial charge in [-0.15, -0.1) is 5.10 Å². The highest BCUT2D eigenvalue weighted by Crippen LogP contribution is 2.25. The molecule has 1 atom stereocenters. The smallest absolute Gasteiger partial charge is 0.224 e. The number of aromatic nitrogens is 3. The Bertz CT molecular complexity index is 1070. The summed E-state index contributed by atoms with van der Waals surface area (Å²) in [6.07, 6.45) is -0.113. The molecule has 2 N–H and O–H groups in total. The minimum atomic E-state index is -1.26. The lowest BCUT2D eigenvalue weighted by molar-refractivity contribution is -0.133. The summed E-state index contributed by atoms with van der Waals surface area (Å²) in [6.45, 7) is 1.30. The van der Waals surface area contributed by atoms with Crippen molar-refractivity contribution in [2.24, 2.45) is 5.73 Å². The van der Waals surface area contributed by atoms with E-state index in [1.54, 1.807) is 9.58 Å². The van der Waals surface area contributed by atoms with Gasteiger partial charge in [-0.1, -0.05) is 35.5 Å². The molecule has 0 fully saturated rings. The molecule has 0 aliphatic carbocycles. The van der Waals surface area contributed by atoms with Crippen LogP contribution in [0, 0.1) is 17.5 Å². The van der Waals surface area contributed by atoms with Crippen molar-refractivity contribution < 1.29 is 18.0 Å². The number of benzene rings is 2. The summed E-state index contributed by atoms with van der Waals surface area (Å²) in [5, 5.41) is 8.41. The number of nitrogens with two attached hydrogens (primary N) is 1. The summed E-state index contributed by atoms with van der Waals surface area (Å²) < 4.78 is 42.1.